The first-order chi connectivity index (χ1) is 6.74. The van der Waals surface area contributed by atoms with E-state index in [1.807, 2.05) is 0 Å². The van der Waals surface area contributed by atoms with Gasteiger partial charge < -0.3 is 15.5 Å². The van der Waals surface area contributed by atoms with Crippen LogP contribution in [0.5, 0.6) is 5.75 Å². The molecule has 0 bridgehead atoms. The Balaban J connectivity index is 0.00000112. The molecule has 15 heavy (non-hydrogen) atoms. The maximum absolute atomic E-state index is 9.83. The predicted octanol–water partition coefficient (Wildman–Crippen LogP) is 1.04. The topological polar surface area (TPSA) is 65.4 Å². The van der Waals surface area contributed by atoms with Crippen molar-refractivity contribution >= 4 is 12.4 Å². The van der Waals surface area contributed by atoms with E-state index in [-0.39, 0.29) is 30.8 Å². The molecule has 4 nitrogen and oxygen atoms in total. The van der Waals surface area contributed by atoms with Crippen LogP contribution < -0.4 is 5.32 Å². The van der Waals surface area contributed by atoms with Gasteiger partial charge in [-0.05, 0) is 19.9 Å². The van der Waals surface area contributed by atoms with Gasteiger partial charge >= 0.3 is 0 Å². The third kappa shape index (κ3) is 2.07. The van der Waals surface area contributed by atoms with Crippen LogP contribution in [0.1, 0.15) is 29.3 Å². The van der Waals surface area contributed by atoms with Gasteiger partial charge in [0.1, 0.15) is 5.75 Å². The van der Waals surface area contributed by atoms with Crippen molar-refractivity contribution < 1.29 is 10.2 Å². The van der Waals surface area contributed by atoms with Crippen LogP contribution in [-0.4, -0.2) is 21.7 Å². The summed E-state index contributed by atoms with van der Waals surface area (Å²) in [6, 6.07) is 0.179. The van der Waals surface area contributed by atoms with Gasteiger partial charge in [0.15, 0.2) is 0 Å². The van der Waals surface area contributed by atoms with Crippen LogP contribution in [0.3, 0.4) is 0 Å². The van der Waals surface area contributed by atoms with Gasteiger partial charge in [0, 0.05) is 23.4 Å². The van der Waals surface area contributed by atoms with E-state index in [1.54, 1.807) is 13.1 Å². The molecule has 1 aliphatic rings. The molecule has 0 amide bonds. The number of aromatic nitrogens is 1. The van der Waals surface area contributed by atoms with E-state index in [4.69, 9.17) is 5.11 Å². The Hall–Kier alpha value is -0.840. The van der Waals surface area contributed by atoms with E-state index in [2.05, 4.69) is 10.3 Å². The van der Waals surface area contributed by atoms with Gasteiger partial charge in [0.25, 0.3) is 0 Å². The molecule has 0 unspecified atom stereocenters. The van der Waals surface area contributed by atoms with E-state index in [1.165, 1.54) is 0 Å². The van der Waals surface area contributed by atoms with E-state index >= 15 is 0 Å². The minimum Gasteiger partial charge on any atom is -0.506 e. The van der Waals surface area contributed by atoms with E-state index in [0.29, 0.717) is 11.3 Å². The highest BCUT2D eigenvalue weighted by Gasteiger charge is 2.25. The number of aliphatic hydroxyl groups excluding tert-OH is 1. The zero-order valence-electron chi connectivity index (χ0n) is 8.53. The molecule has 0 aromatic carbocycles. The Morgan fingerprint density at radius 1 is 1.60 bits per heavy atom. The van der Waals surface area contributed by atoms with E-state index < -0.39 is 0 Å². The summed E-state index contributed by atoms with van der Waals surface area (Å²) in [7, 11) is 0. The number of hydrogen-bond donors (Lipinski definition) is 3. The van der Waals surface area contributed by atoms with Gasteiger partial charge in [-0.1, -0.05) is 0 Å². The molecule has 2 rings (SSSR count). The van der Waals surface area contributed by atoms with Crippen molar-refractivity contribution in [1.29, 1.82) is 0 Å². The first-order valence-electron chi connectivity index (χ1n) is 4.75. The second kappa shape index (κ2) is 4.79. The van der Waals surface area contributed by atoms with Crippen molar-refractivity contribution in [2.75, 3.05) is 6.54 Å². The highest BCUT2D eigenvalue weighted by Crippen LogP contribution is 2.34. The molecule has 1 fully saturated rings. The van der Waals surface area contributed by atoms with Crippen molar-refractivity contribution in [1.82, 2.24) is 10.3 Å². The molecule has 5 heteroatoms. The molecule has 1 aromatic heterocycles. The number of halogens is 1. The third-order valence-electron chi connectivity index (χ3n) is 2.70. The molecule has 0 saturated carbocycles. The van der Waals surface area contributed by atoms with Crippen LogP contribution in [0.2, 0.25) is 0 Å². The molecular weight excluding hydrogens is 216 g/mol. The number of nitrogens with zero attached hydrogens (tertiary/aromatic N) is 1. The summed E-state index contributed by atoms with van der Waals surface area (Å²) >= 11 is 0. The number of aromatic hydroxyl groups is 1. The summed E-state index contributed by atoms with van der Waals surface area (Å²) in [4.78, 5) is 4.01. The molecule has 1 aromatic rings. The van der Waals surface area contributed by atoms with Crippen LogP contribution in [-0.2, 0) is 6.61 Å². The molecule has 84 valence electrons. The Bertz CT molecular complexity index is 354. The lowest BCUT2D eigenvalue weighted by molar-refractivity contribution is 0.272. The SMILES string of the molecule is Cc1ncc(CO)c([C@H]2CCN2)c1O.Cl. The smallest absolute Gasteiger partial charge is 0.141 e. The lowest BCUT2D eigenvalue weighted by Gasteiger charge is -2.30. The minimum absolute atomic E-state index is 0. The maximum Gasteiger partial charge on any atom is 0.141 e. The number of aliphatic hydroxyl groups is 1. The van der Waals surface area contributed by atoms with Gasteiger partial charge in [-0.25, -0.2) is 0 Å². The molecule has 1 aliphatic heterocycles. The third-order valence-corrected chi connectivity index (χ3v) is 2.70. The van der Waals surface area contributed by atoms with Gasteiger partial charge in [-0.15, -0.1) is 12.4 Å². The molecule has 1 atom stereocenters. The maximum atomic E-state index is 9.83. The number of hydrogen-bond acceptors (Lipinski definition) is 4. The van der Waals surface area contributed by atoms with Crippen LogP contribution in [0, 0.1) is 6.92 Å². The fourth-order valence-corrected chi connectivity index (χ4v) is 1.70. The number of pyridine rings is 1. The van der Waals surface area contributed by atoms with Crippen molar-refractivity contribution in [3.8, 4) is 5.75 Å². The molecular formula is C10H15ClN2O2. The van der Waals surface area contributed by atoms with Crippen molar-refractivity contribution in [3.05, 3.63) is 23.0 Å². The van der Waals surface area contributed by atoms with Crippen LogP contribution in [0.15, 0.2) is 6.20 Å². The summed E-state index contributed by atoms with van der Waals surface area (Å²) in [5.41, 5.74) is 2.14. The summed E-state index contributed by atoms with van der Waals surface area (Å²) in [6.07, 6.45) is 2.63. The van der Waals surface area contributed by atoms with E-state index in [0.717, 1.165) is 18.5 Å². The number of rotatable bonds is 2. The summed E-state index contributed by atoms with van der Waals surface area (Å²) < 4.78 is 0. The Morgan fingerprint density at radius 3 is 2.73 bits per heavy atom. The van der Waals surface area contributed by atoms with Crippen LogP contribution in [0.4, 0.5) is 0 Å². The monoisotopic (exact) mass is 230 g/mol. The molecule has 0 spiro atoms. The Morgan fingerprint density at radius 2 is 2.27 bits per heavy atom. The first kappa shape index (κ1) is 12.2. The van der Waals surface area contributed by atoms with Crippen LogP contribution >= 0.6 is 12.4 Å². The Labute approximate surface area is 94.8 Å². The molecule has 2 heterocycles. The van der Waals surface area contributed by atoms with Crippen molar-refractivity contribution in [2.45, 2.75) is 26.0 Å². The summed E-state index contributed by atoms with van der Waals surface area (Å²) in [5.74, 6) is 0.216. The predicted molar refractivity (Wildman–Crippen MR) is 59.2 cm³/mol. The fourth-order valence-electron chi connectivity index (χ4n) is 1.70. The molecule has 1 saturated heterocycles. The summed E-state index contributed by atoms with van der Waals surface area (Å²) in [6.45, 7) is 2.66. The van der Waals surface area contributed by atoms with Gasteiger partial charge in [-0.2, -0.15) is 0 Å². The van der Waals surface area contributed by atoms with Crippen molar-refractivity contribution in [2.24, 2.45) is 0 Å². The molecule has 3 N–H and O–H groups in total. The first-order valence-corrected chi connectivity index (χ1v) is 4.75. The number of aryl methyl sites for hydroxylation is 1. The van der Waals surface area contributed by atoms with E-state index in [9.17, 15) is 5.11 Å². The van der Waals surface area contributed by atoms with Crippen LogP contribution in [0.25, 0.3) is 0 Å². The fraction of sp³-hybridized carbons (Fsp3) is 0.500. The Kier molecular flexibility index (Phi) is 3.90. The second-order valence-electron chi connectivity index (χ2n) is 3.58. The van der Waals surface area contributed by atoms with Crippen molar-refractivity contribution in [3.63, 3.8) is 0 Å². The lowest BCUT2D eigenvalue weighted by Crippen LogP contribution is -2.35. The zero-order valence-corrected chi connectivity index (χ0v) is 9.34. The quantitative estimate of drug-likeness (QED) is 0.711. The standard InChI is InChI=1S/C10H14N2O2.ClH/c1-6-10(14)9(8-2-3-11-8)7(5-13)4-12-6;/h4,8,11,13-14H,2-3,5H2,1H3;1H/t8-;/m1./s1. The van der Waals surface area contributed by atoms with Gasteiger partial charge in [-0.3, -0.25) is 4.98 Å². The number of nitrogens with one attached hydrogen (secondary N) is 1. The van der Waals surface area contributed by atoms with Gasteiger partial charge in [0.2, 0.25) is 0 Å². The summed E-state index contributed by atoms with van der Waals surface area (Å²) in [5, 5.41) is 22.2. The lowest BCUT2D eigenvalue weighted by atomic mass is 9.93. The largest absolute Gasteiger partial charge is 0.506 e. The highest BCUT2D eigenvalue weighted by atomic mass is 35.5. The normalized spacial score (nSPS) is 19.2. The highest BCUT2D eigenvalue weighted by molar-refractivity contribution is 5.85. The van der Waals surface area contributed by atoms with Gasteiger partial charge in [0.05, 0.1) is 12.3 Å². The average molecular weight is 231 g/mol. The zero-order chi connectivity index (χ0) is 10.1. The second-order valence-corrected chi connectivity index (χ2v) is 3.58. The minimum atomic E-state index is -0.0750. The molecule has 0 radical (unpaired) electrons. The average Bonchev–Trinajstić information content (AvgIpc) is 2.10. The molecule has 0 aliphatic carbocycles.